The van der Waals surface area contributed by atoms with Gasteiger partial charge in [-0.2, -0.15) is 18.3 Å². The summed E-state index contributed by atoms with van der Waals surface area (Å²) in [4.78, 5) is 26.9. The molecule has 0 spiro atoms. The van der Waals surface area contributed by atoms with Gasteiger partial charge >= 0.3 is 12.1 Å². The molecule has 0 bridgehead atoms. The number of alkyl halides is 3. The van der Waals surface area contributed by atoms with Crippen molar-refractivity contribution in [2.75, 3.05) is 11.9 Å². The Kier molecular flexibility index (Phi) is 6.66. The largest absolute Gasteiger partial charge is 0.489 e. The number of fused-ring (bicyclic) bond motifs is 1. The number of carbonyl (C=O) groups is 2. The van der Waals surface area contributed by atoms with Crippen LogP contribution in [0.1, 0.15) is 37.0 Å². The van der Waals surface area contributed by atoms with Gasteiger partial charge in [0.25, 0.3) is 5.91 Å². The van der Waals surface area contributed by atoms with E-state index in [1.54, 1.807) is 36.9 Å². The Morgan fingerprint density at radius 3 is 2.62 bits per heavy atom. The molecule has 0 atom stereocenters. The van der Waals surface area contributed by atoms with Crippen LogP contribution in [0.5, 0.6) is 5.75 Å². The third kappa shape index (κ3) is 5.74. The lowest BCUT2D eigenvalue weighted by atomic mass is 10.2. The zero-order valence-electron chi connectivity index (χ0n) is 17.6. The number of amides is 1. The Balaban J connectivity index is 1.89. The monoisotopic (exact) mass is 450 g/mol. The van der Waals surface area contributed by atoms with Crippen molar-refractivity contribution in [2.24, 2.45) is 0 Å². The molecule has 1 aromatic carbocycles. The van der Waals surface area contributed by atoms with Gasteiger partial charge in [0.1, 0.15) is 23.7 Å². The third-order valence-electron chi connectivity index (χ3n) is 4.16. The van der Waals surface area contributed by atoms with Crippen LogP contribution in [0, 0.1) is 0 Å². The van der Waals surface area contributed by atoms with E-state index >= 15 is 0 Å². The summed E-state index contributed by atoms with van der Waals surface area (Å²) >= 11 is 0. The van der Waals surface area contributed by atoms with E-state index in [-0.39, 0.29) is 24.1 Å². The average Bonchev–Trinajstić information content (AvgIpc) is 3.08. The van der Waals surface area contributed by atoms with Crippen LogP contribution in [0.15, 0.2) is 36.5 Å². The Labute approximate surface area is 181 Å². The van der Waals surface area contributed by atoms with Crippen LogP contribution in [0.3, 0.4) is 0 Å². The molecule has 0 aliphatic heterocycles. The van der Waals surface area contributed by atoms with E-state index < -0.39 is 23.7 Å². The summed E-state index contributed by atoms with van der Waals surface area (Å²) in [5.74, 6) is -0.910. The van der Waals surface area contributed by atoms with Gasteiger partial charge in [0.15, 0.2) is 0 Å². The zero-order chi connectivity index (χ0) is 23.5. The van der Waals surface area contributed by atoms with Gasteiger partial charge in [0.2, 0.25) is 0 Å². The standard InChI is InChI=1S/C21H21F3N4O4/c1-12(2)32-18-10-16-14(11-28(27-16)7-8-31-13(3)29)9-17(18)26-20(30)15-5-4-6-19(25-15)21(22,23)24/h4-6,9-12H,7-8H2,1-3H3,(H,26,30). The highest BCUT2D eigenvalue weighted by Crippen LogP contribution is 2.32. The number of nitrogens with zero attached hydrogens (tertiary/aromatic N) is 3. The van der Waals surface area contributed by atoms with Crippen molar-refractivity contribution in [2.45, 2.75) is 39.6 Å². The van der Waals surface area contributed by atoms with Crippen molar-refractivity contribution in [3.05, 3.63) is 47.9 Å². The van der Waals surface area contributed by atoms with E-state index in [0.717, 1.165) is 12.1 Å². The molecule has 0 radical (unpaired) electrons. The number of carbonyl (C=O) groups excluding carboxylic acids is 2. The molecule has 3 aromatic rings. The minimum absolute atomic E-state index is 0.142. The Hall–Kier alpha value is -3.63. The molecule has 170 valence electrons. The number of benzene rings is 1. The molecule has 1 N–H and O–H groups in total. The predicted molar refractivity (Wildman–Crippen MR) is 109 cm³/mol. The second-order valence-electron chi connectivity index (χ2n) is 7.17. The highest BCUT2D eigenvalue weighted by molar-refractivity contribution is 6.05. The Morgan fingerprint density at radius 2 is 1.97 bits per heavy atom. The Morgan fingerprint density at radius 1 is 1.22 bits per heavy atom. The SMILES string of the molecule is CC(=O)OCCn1cc2cc(NC(=O)c3cccc(C(F)(F)F)n3)c(OC(C)C)cc2n1. The van der Waals surface area contributed by atoms with E-state index in [1.807, 2.05) is 0 Å². The summed E-state index contributed by atoms with van der Waals surface area (Å²) in [5.41, 5.74) is -0.713. The minimum Gasteiger partial charge on any atom is -0.489 e. The third-order valence-corrected chi connectivity index (χ3v) is 4.16. The smallest absolute Gasteiger partial charge is 0.433 e. The number of rotatable bonds is 7. The lowest BCUT2D eigenvalue weighted by Gasteiger charge is -2.15. The predicted octanol–water partition coefficient (Wildman–Crippen LogP) is 4.05. The molecule has 0 unspecified atom stereocenters. The van der Waals surface area contributed by atoms with Gasteiger partial charge in [-0.3, -0.25) is 14.3 Å². The van der Waals surface area contributed by atoms with Crippen LogP contribution < -0.4 is 10.1 Å². The molecule has 2 heterocycles. The number of nitrogens with one attached hydrogen (secondary N) is 1. The molecular weight excluding hydrogens is 429 g/mol. The number of anilines is 1. The van der Waals surface area contributed by atoms with Gasteiger partial charge < -0.3 is 14.8 Å². The molecule has 32 heavy (non-hydrogen) atoms. The number of halogens is 3. The van der Waals surface area contributed by atoms with Crippen molar-refractivity contribution < 1.29 is 32.2 Å². The van der Waals surface area contributed by atoms with E-state index in [4.69, 9.17) is 9.47 Å². The van der Waals surface area contributed by atoms with Crippen LogP contribution in [0.2, 0.25) is 0 Å². The summed E-state index contributed by atoms with van der Waals surface area (Å²) in [7, 11) is 0. The maximum Gasteiger partial charge on any atom is 0.433 e. The fourth-order valence-electron chi connectivity index (χ4n) is 2.86. The quantitative estimate of drug-likeness (QED) is 0.546. The second-order valence-corrected chi connectivity index (χ2v) is 7.17. The zero-order valence-corrected chi connectivity index (χ0v) is 17.6. The number of hydrogen-bond acceptors (Lipinski definition) is 6. The normalized spacial score (nSPS) is 11.6. The molecule has 1 amide bonds. The summed E-state index contributed by atoms with van der Waals surface area (Å²) < 4.78 is 51.0. The summed E-state index contributed by atoms with van der Waals surface area (Å²) in [6.07, 6.45) is -3.21. The highest BCUT2D eigenvalue weighted by atomic mass is 19.4. The first-order chi connectivity index (χ1) is 15.0. The maximum absolute atomic E-state index is 12.9. The van der Waals surface area contributed by atoms with Crippen molar-refractivity contribution in [3.8, 4) is 5.75 Å². The highest BCUT2D eigenvalue weighted by Gasteiger charge is 2.33. The van der Waals surface area contributed by atoms with E-state index in [0.29, 0.717) is 23.2 Å². The number of ether oxygens (including phenoxy) is 2. The second kappa shape index (κ2) is 9.25. The molecule has 2 aromatic heterocycles. The van der Waals surface area contributed by atoms with Crippen molar-refractivity contribution in [1.82, 2.24) is 14.8 Å². The van der Waals surface area contributed by atoms with E-state index in [9.17, 15) is 22.8 Å². The van der Waals surface area contributed by atoms with Crippen molar-refractivity contribution in [3.63, 3.8) is 0 Å². The lowest BCUT2D eigenvalue weighted by Crippen LogP contribution is -2.18. The molecule has 0 fully saturated rings. The van der Waals surface area contributed by atoms with Gasteiger partial charge in [0, 0.05) is 24.6 Å². The molecule has 8 nitrogen and oxygen atoms in total. The van der Waals surface area contributed by atoms with Crippen LogP contribution in [-0.4, -0.2) is 39.4 Å². The topological polar surface area (TPSA) is 95.3 Å². The van der Waals surface area contributed by atoms with Crippen LogP contribution in [0.4, 0.5) is 18.9 Å². The number of pyridine rings is 1. The van der Waals surface area contributed by atoms with Gasteiger partial charge in [-0.25, -0.2) is 4.98 Å². The van der Waals surface area contributed by atoms with Gasteiger partial charge in [-0.05, 0) is 32.0 Å². The molecule has 3 rings (SSSR count). The molecule has 0 saturated carbocycles. The van der Waals surface area contributed by atoms with E-state index in [2.05, 4.69) is 15.4 Å². The summed E-state index contributed by atoms with van der Waals surface area (Å²) in [6.45, 7) is 5.36. The van der Waals surface area contributed by atoms with Gasteiger partial charge in [-0.1, -0.05) is 6.07 Å². The lowest BCUT2D eigenvalue weighted by molar-refractivity contribution is -0.142. The van der Waals surface area contributed by atoms with E-state index in [1.165, 1.54) is 13.0 Å². The first kappa shape index (κ1) is 23.0. The summed E-state index contributed by atoms with van der Waals surface area (Å²) in [6, 6.07) is 6.33. The number of aromatic nitrogens is 3. The van der Waals surface area contributed by atoms with Crippen molar-refractivity contribution in [1.29, 1.82) is 0 Å². The fourth-order valence-corrected chi connectivity index (χ4v) is 2.86. The molecular formula is C21H21F3N4O4. The van der Waals surface area contributed by atoms with Crippen LogP contribution in [-0.2, 0) is 22.3 Å². The maximum atomic E-state index is 12.9. The first-order valence-corrected chi connectivity index (χ1v) is 9.70. The first-order valence-electron chi connectivity index (χ1n) is 9.70. The number of hydrogen-bond donors (Lipinski definition) is 1. The number of esters is 1. The molecule has 0 aliphatic rings. The van der Waals surface area contributed by atoms with Gasteiger partial charge in [-0.15, -0.1) is 0 Å². The Bertz CT molecular complexity index is 1140. The van der Waals surface area contributed by atoms with Crippen LogP contribution in [0.25, 0.3) is 10.9 Å². The molecule has 11 heteroatoms. The van der Waals surface area contributed by atoms with Crippen LogP contribution >= 0.6 is 0 Å². The summed E-state index contributed by atoms with van der Waals surface area (Å²) in [5, 5.41) is 7.61. The fraction of sp³-hybridized carbons (Fsp3) is 0.333. The molecule has 0 aliphatic carbocycles. The molecule has 0 saturated heterocycles. The van der Waals surface area contributed by atoms with Crippen molar-refractivity contribution >= 4 is 28.5 Å². The minimum atomic E-state index is -4.66. The average molecular weight is 450 g/mol. The van der Waals surface area contributed by atoms with Gasteiger partial charge in [0.05, 0.1) is 23.9 Å².